The number of halogens is 1. The summed E-state index contributed by atoms with van der Waals surface area (Å²) in [7, 11) is 1.53. The van der Waals surface area contributed by atoms with E-state index >= 15 is 0 Å². The van der Waals surface area contributed by atoms with Crippen LogP contribution >= 0.6 is 22.9 Å². The van der Waals surface area contributed by atoms with Crippen LogP contribution in [0.1, 0.15) is 41.0 Å². The zero-order valence-corrected chi connectivity index (χ0v) is 21.3. The lowest BCUT2D eigenvalue weighted by Gasteiger charge is -2.21. The second-order valence-electron chi connectivity index (χ2n) is 7.97. The van der Waals surface area contributed by atoms with E-state index in [0.29, 0.717) is 39.8 Å². The molecule has 0 aliphatic rings. The van der Waals surface area contributed by atoms with E-state index in [2.05, 4.69) is 5.32 Å². The third-order valence-electron chi connectivity index (χ3n) is 5.99. The highest BCUT2D eigenvalue weighted by molar-refractivity contribution is 7.13. The Morgan fingerprint density at radius 2 is 1.77 bits per heavy atom. The van der Waals surface area contributed by atoms with Crippen molar-refractivity contribution in [3.63, 3.8) is 0 Å². The number of nitrogens with zero attached hydrogens (tertiary/aromatic N) is 2. The molecule has 2 N–H and O–H groups in total. The van der Waals surface area contributed by atoms with E-state index in [0.717, 1.165) is 16.7 Å². The summed E-state index contributed by atoms with van der Waals surface area (Å²) in [6.45, 7) is 3.57. The number of hydrogen-bond donors (Lipinski definition) is 2. The molecule has 0 saturated heterocycles. The molecule has 1 amide bonds. The highest BCUT2D eigenvalue weighted by Crippen LogP contribution is 2.31. The lowest BCUT2D eigenvalue weighted by atomic mass is 10.0. The predicted octanol–water partition coefficient (Wildman–Crippen LogP) is 5.26. The number of para-hydroxylation sites is 1. The average Bonchev–Trinajstić information content (AvgIpc) is 3.37. The maximum atomic E-state index is 14.0. The predicted molar refractivity (Wildman–Crippen MR) is 142 cm³/mol. The van der Waals surface area contributed by atoms with Gasteiger partial charge in [-0.15, -0.1) is 11.3 Å². The number of aryl methyl sites for hydroxylation is 2. The van der Waals surface area contributed by atoms with Crippen molar-refractivity contribution in [2.75, 3.05) is 7.05 Å². The molecular weight excluding hydrogens is 482 g/mol. The highest BCUT2D eigenvalue weighted by atomic mass is 35.5. The summed E-state index contributed by atoms with van der Waals surface area (Å²) < 4.78 is 1.50. The van der Waals surface area contributed by atoms with Gasteiger partial charge in [0, 0.05) is 23.0 Å². The van der Waals surface area contributed by atoms with Gasteiger partial charge in [-0.25, -0.2) is 4.98 Å². The van der Waals surface area contributed by atoms with Crippen LogP contribution < -0.4 is 10.9 Å². The summed E-state index contributed by atoms with van der Waals surface area (Å²) in [5.41, 5.74) is 4.69. The van der Waals surface area contributed by atoms with Gasteiger partial charge in [0.1, 0.15) is 5.01 Å². The van der Waals surface area contributed by atoms with Gasteiger partial charge in [-0.1, -0.05) is 55.8 Å². The number of pyridine rings is 1. The maximum absolute atomic E-state index is 14.0. The van der Waals surface area contributed by atoms with Crippen molar-refractivity contribution in [2.45, 2.75) is 33.3 Å². The number of aliphatic hydroxyl groups is 1. The van der Waals surface area contributed by atoms with Gasteiger partial charge >= 0.3 is 0 Å². The molecule has 2 aromatic heterocycles. The number of carbonyl (C=O) groups excluding carboxylic acids is 1. The lowest BCUT2D eigenvalue weighted by molar-refractivity contribution is 0.0958. The molecule has 4 rings (SSSR count). The Morgan fingerprint density at radius 3 is 2.34 bits per heavy atom. The van der Waals surface area contributed by atoms with Crippen LogP contribution in [0, 0.1) is 0 Å². The first-order chi connectivity index (χ1) is 16.9. The molecular formula is C27H26ClN3O3S. The van der Waals surface area contributed by atoms with Crippen molar-refractivity contribution in [1.29, 1.82) is 0 Å². The molecule has 0 radical (unpaired) electrons. The van der Waals surface area contributed by atoms with Crippen molar-refractivity contribution in [3.05, 3.63) is 91.7 Å². The van der Waals surface area contributed by atoms with Gasteiger partial charge in [-0.2, -0.15) is 0 Å². The molecule has 0 bridgehead atoms. The Kier molecular flexibility index (Phi) is 7.50. The minimum atomic E-state index is -0.465. The number of rotatable bonds is 7. The topological polar surface area (TPSA) is 84.2 Å². The summed E-state index contributed by atoms with van der Waals surface area (Å²) in [4.78, 5) is 31.6. The Bertz CT molecular complexity index is 1420. The number of carbonyl (C=O) groups is 1. The summed E-state index contributed by atoms with van der Waals surface area (Å²) in [6.07, 6.45) is 1.38. The van der Waals surface area contributed by atoms with Gasteiger partial charge in [0.25, 0.3) is 11.5 Å². The Labute approximate surface area is 212 Å². The van der Waals surface area contributed by atoms with Gasteiger partial charge in [0.2, 0.25) is 0 Å². The van der Waals surface area contributed by atoms with Gasteiger partial charge in [-0.3, -0.25) is 14.2 Å². The summed E-state index contributed by atoms with van der Waals surface area (Å²) >= 11 is 7.34. The number of hydrogen-bond acceptors (Lipinski definition) is 5. The summed E-state index contributed by atoms with van der Waals surface area (Å²) in [6, 6.07) is 14.8. The summed E-state index contributed by atoms with van der Waals surface area (Å²) in [5, 5.41) is 16.0. The second kappa shape index (κ2) is 10.6. The van der Waals surface area contributed by atoms with Gasteiger partial charge in [-0.05, 0) is 42.2 Å². The van der Waals surface area contributed by atoms with E-state index in [1.807, 2.05) is 49.6 Å². The van der Waals surface area contributed by atoms with Crippen molar-refractivity contribution < 1.29 is 9.90 Å². The molecule has 0 fully saturated rings. The maximum Gasteiger partial charge on any atom is 0.265 e. The molecule has 0 saturated carbocycles. The van der Waals surface area contributed by atoms with Crippen molar-refractivity contribution in [1.82, 2.24) is 14.9 Å². The van der Waals surface area contributed by atoms with Gasteiger partial charge in [0.05, 0.1) is 34.8 Å². The number of aromatic nitrogens is 2. The van der Waals surface area contributed by atoms with Crippen LogP contribution in [-0.2, 0) is 19.4 Å². The largest absolute Gasteiger partial charge is 0.390 e. The lowest BCUT2D eigenvalue weighted by Crippen LogP contribution is -2.31. The zero-order chi connectivity index (χ0) is 25.1. The molecule has 0 atom stereocenters. The number of amides is 1. The number of benzene rings is 2. The molecule has 0 unspecified atom stereocenters. The number of nitrogens with one attached hydrogen (secondary N) is 1. The normalized spacial score (nSPS) is 11.0. The molecule has 4 aromatic rings. The van der Waals surface area contributed by atoms with Crippen LogP contribution in [0.4, 0.5) is 0 Å². The van der Waals surface area contributed by atoms with Gasteiger partial charge < -0.3 is 10.4 Å². The zero-order valence-electron chi connectivity index (χ0n) is 19.8. The minimum absolute atomic E-state index is 0.237. The highest BCUT2D eigenvalue weighted by Gasteiger charge is 2.24. The molecule has 0 aliphatic carbocycles. The smallest absolute Gasteiger partial charge is 0.265 e. The van der Waals surface area contributed by atoms with Crippen LogP contribution in [0.25, 0.3) is 27.5 Å². The Hall–Kier alpha value is -3.26. The quantitative estimate of drug-likeness (QED) is 0.357. The Balaban J connectivity index is 2.02. The third kappa shape index (κ3) is 4.67. The van der Waals surface area contributed by atoms with E-state index in [-0.39, 0.29) is 22.7 Å². The van der Waals surface area contributed by atoms with Crippen LogP contribution in [0.3, 0.4) is 0 Å². The first kappa shape index (κ1) is 24.9. The molecule has 0 aliphatic heterocycles. The van der Waals surface area contributed by atoms with E-state index < -0.39 is 6.61 Å². The molecule has 35 heavy (non-hydrogen) atoms. The van der Waals surface area contributed by atoms with Crippen molar-refractivity contribution in [2.24, 2.45) is 0 Å². The van der Waals surface area contributed by atoms with Crippen molar-refractivity contribution in [3.8, 4) is 27.5 Å². The van der Waals surface area contributed by atoms with Crippen LogP contribution in [0.2, 0.25) is 5.02 Å². The standard InChI is InChI=1S/C27H26ClN3O3S/c1-4-16-7-6-8-17(5-2)24(16)31-23(14-32)20(25(33)29-3)13-21(27(31)34)26-30-22(15-35-26)18-9-11-19(28)12-10-18/h6-13,15,32H,4-5,14H2,1-3H3,(H,29,33). The Morgan fingerprint density at radius 1 is 1.11 bits per heavy atom. The second-order valence-corrected chi connectivity index (χ2v) is 9.27. The monoisotopic (exact) mass is 507 g/mol. The third-order valence-corrected chi connectivity index (χ3v) is 7.12. The van der Waals surface area contributed by atoms with E-state index in [9.17, 15) is 14.7 Å². The SMILES string of the molecule is CCc1cccc(CC)c1-n1c(CO)c(C(=O)NC)cc(-c2nc(-c3ccc(Cl)cc3)cs2)c1=O. The van der Waals surface area contributed by atoms with E-state index in [1.165, 1.54) is 29.0 Å². The first-order valence-corrected chi connectivity index (χ1v) is 12.6. The molecule has 2 aromatic carbocycles. The molecule has 2 heterocycles. The van der Waals surface area contributed by atoms with Crippen LogP contribution in [0.15, 0.2) is 58.7 Å². The van der Waals surface area contributed by atoms with E-state index in [1.54, 1.807) is 12.1 Å². The minimum Gasteiger partial charge on any atom is -0.390 e. The first-order valence-electron chi connectivity index (χ1n) is 11.4. The number of aliphatic hydroxyl groups excluding tert-OH is 1. The fourth-order valence-corrected chi connectivity index (χ4v) is 5.15. The fraction of sp³-hybridized carbons (Fsp3) is 0.222. The van der Waals surface area contributed by atoms with Crippen LogP contribution in [0.5, 0.6) is 0 Å². The molecule has 8 heteroatoms. The molecule has 0 spiro atoms. The molecule has 180 valence electrons. The van der Waals surface area contributed by atoms with Crippen molar-refractivity contribution >= 4 is 28.8 Å². The number of thiazole rings is 1. The molecule has 6 nitrogen and oxygen atoms in total. The van der Waals surface area contributed by atoms with Gasteiger partial charge in [0.15, 0.2) is 0 Å². The van der Waals surface area contributed by atoms with E-state index in [4.69, 9.17) is 16.6 Å². The van der Waals surface area contributed by atoms with Crippen LogP contribution in [-0.4, -0.2) is 27.6 Å². The fourth-order valence-electron chi connectivity index (χ4n) is 4.18. The summed E-state index contributed by atoms with van der Waals surface area (Å²) in [5.74, 6) is -0.384. The average molecular weight is 508 g/mol.